The molecule has 2 unspecified atom stereocenters. The highest BCUT2D eigenvalue weighted by molar-refractivity contribution is 7.95. The van der Waals surface area contributed by atoms with Crippen LogP contribution in [0.3, 0.4) is 0 Å². The monoisotopic (exact) mass is 550 g/mol. The fourth-order valence-electron chi connectivity index (χ4n) is 5.49. The fraction of sp³-hybridized carbons (Fsp3) is 0.846. The number of carbonyl (C=O) groups excluding carboxylic acids is 2. The van der Waals surface area contributed by atoms with Crippen LogP contribution in [-0.4, -0.2) is 97.8 Å². The van der Waals surface area contributed by atoms with E-state index in [1.165, 1.54) is 6.42 Å². The summed E-state index contributed by atoms with van der Waals surface area (Å²) in [5.74, 6) is 0.444. The summed E-state index contributed by atoms with van der Waals surface area (Å²) in [5.41, 5.74) is -1.06. The van der Waals surface area contributed by atoms with Crippen LogP contribution in [0.25, 0.3) is 0 Å². The average Bonchev–Trinajstić information content (AvgIpc) is 3.47. The van der Waals surface area contributed by atoms with Crippen molar-refractivity contribution in [2.24, 2.45) is 10.9 Å². The molecule has 0 bridgehead atoms. The minimum atomic E-state index is -0.895. The molecule has 1 saturated carbocycles. The Bertz CT molecular complexity index is 857. The highest BCUT2D eigenvalue weighted by Crippen LogP contribution is 2.29. The molecule has 0 radical (unpaired) electrons. The van der Waals surface area contributed by atoms with Gasteiger partial charge in [-0.2, -0.15) is 5.26 Å². The highest BCUT2D eigenvalue weighted by atomic mass is 32.2. The lowest BCUT2D eigenvalue weighted by Gasteiger charge is -2.37. The molecule has 0 spiro atoms. The second-order valence-corrected chi connectivity index (χ2v) is 11.7. The summed E-state index contributed by atoms with van der Waals surface area (Å²) in [4.78, 5) is 35.4. The number of rotatable bonds is 7. The summed E-state index contributed by atoms with van der Waals surface area (Å²) in [5, 5.41) is 15.9. The van der Waals surface area contributed by atoms with Crippen LogP contribution >= 0.6 is 12.0 Å². The van der Waals surface area contributed by atoms with Gasteiger partial charge in [0.25, 0.3) is 0 Å². The Morgan fingerprint density at radius 3 is 2.50 bits per heavy atom. The Labute approximate surface area is 230 Å². The fourth-order valence-corrected chi connectivity index (χ4v) is 6.14. The summed E-state index contributed by atoms with van der Waals surface area (Å²) in [6, 6.07) is 1.67. The molecule has 2 atom stereocenters. The second kappa shape index (κ2) is 14.4. The minimum Gasteiger partial charge on any atom is -0.378 e. The van der Waals surface area contributed by atoms with Crippen molar-refractivity contribution in [2.45, 2.75) is 81.2 Å². The molecular weight excluding hydrogens is 508 g/mol. The molecule has 4 fully saturated rings. The van der Waals surface area contributed by atoms with Gasteiger partial charge in [0.2, 0.25) is 11.9 Å². The number of morpholine rings is 1. The number of aliphatic imine (C=N–C) groups is 1. The standard InChI is InChI=1S/C26H42N6O5S/c1-31-11-9-26(19-27,10-12-31)30-23(33)21(18-20-6-3-2-4-7-20)28-24(32-13-16-35-17-14-32)29-25(34)37-38-22-8-5-15-36-22/h20-22H,2-18H2,1H3,(H,30,33)(H,28,29,34). The molecule has 1 aliphatic carbocycles. The first kappa shape index (κ1) is 28.9. The van der Waals surface area contributed by atoms with Gasteiger partial charge in [0.15, 0.2) is 0 Å². The first-order valence-electron chi connectivity index (χ1n) is 14.0. The molecule has 38 heavy (non-hydrogen) atoms. The molecule has 2 N–H and O–H groups in total. The first-order chi connectivity index (χ1) is 18.5. The number of carbonyl (C=O) groups is 2. The maximum atomic E-state index is 13.7. The molecule has 3 aliphatic heterocycles. The summed E-state index contributed by atoms with van der Waals surface area (Å²) in [6.07, 6.45) is 8.53. The predicted octanol–water partition coefficient (Wildman–Crippen LogP) is 2.63. The Hall–Kier alpha value is -2.07. The summed E-state index contributed by atoms with van der Waals surface area (Å²) in [7, 11) is 2.02. The summed E-state index contributed by atoms with van der Waals surface area (Å²) < 4.78 is 16.4. The van der Waals surface area contributed by atoms with E-state index in [0.29, 0.717) is 64.1 Å². The van der Waals surface area contributed by atoms with E-state index in [2.05, 4.69) is 21.6 Å². The van der Waals surface area contributed by atoms with E-state index < -0.39 is 17.7 Å². The van der Waals surface area contributed by atoms with Crippen LogP contribution in [0.2, 0.25) is 0 Å². The third kappa shape index (κ3) is 8.46. The molecular formula is C26H42N6O5S. The highest BCUT2D eigenvalue weighted by Gasteiger charge is 2.38. The number of ether oxygens (including phenoxy) is 2. The average molecular weight is 551 g/mol. The number of nitrogens with one attached hydrogen (secondary N) is 2. The molecule has 3 heterocycles. The van der Waals surface area contributed by atoms with Gasteiger partial charge in [-0.3, -0.25) is 10.1 Å². The molecule has 3 saturated heterocycles. The van der Waals surface area contributed by atoms with E-state index in [1.807, 2.05) is 11.9 Å². The van der Waals surface area contributed by atoms with Gasteiger partial charge in [0.1, 0.15) is 17.0 Å². The van der Waals surface area contributed by atoms with Gasteiger partial charge in [0, 0.05) is 32.8 Å². The first-order valence-corrected chi connectivity index (χ1v) is 14.8. The van der Waals surface area contributed by atoms with Crippen LogP contribution in [0.5, 0.6) is 0 Å². The van der Waals surface area contributed by atoms with Crippen LogP contribution in [0.1, 0.15) is 64.2 Å². The minimum absolute atomic E-state index is 0.161. The van der Waals surface area contributed by atoms with Crippen LogP contribution in [0, 0.1) is 17.2 Å². The number of likely N-dealkylation sites (tertiary alicyclic amines) is 1. The van der Waals surface area contributed by atoms with E-state index in [4.69, 9.17) is 18.6 Å². The lowest BCUT2D eigenvalue weighted by Crippen LogP contribution is -2.56. The second-order valence-electron chi connectivity index (χ2n) is 10.8. The zero-order valence-electron chi connectivity index (χ0n) is 22.5. The number of guanidine groups is 1. The van der Waals surface area contributed by atoms with Gasteiger partial charge < -0.3 is 28.8 Å². The largest absolute Gasteiger partial charge is 0.426 e. The quantitative estimate of drug-likeness (QED) is 0.279. The lowest BCUT2D eigenvalue weighted by molar-refractivity contribution is -0.124. The van der Waals surface area contributed by atoms with Gasteiger partial charge in [0.05, 0.1) is 31.3 Å². The third-order valence-electron chi connectivity index (χ3n) is 7.92. The van der Waals surface area contributed by atoms with Crippen molar-refractivity contribution in [3.63, 3.8) is 0 Å². The number of nitrogens with zero attached hydrogens (tertiary/aromatic N) is 4. The molecule has 2 amide bonds. The van der Waals surface area contributed by atoms with Gasteiger partial charge >= 0.3 is 6.09 Å². The molecule has 0 aromatic rings. The van der Waals surface area contributed by atoms with E-state index in [-0.39, 0.29) is 11.3 Å². The normalized spacial score (nSPS) is 25.8. The maximum absolute atomic E-state index is 13.7. The van der Waals surface area contributed by atoms with E-state index in [0.717, 1.165) is 63.7 Å². The van der Waals surface area contributed by atoms with Crippen molar-refractivity contribution in [1.29, 1.82) is 5.26 Å². The number of nitriles is 1. The van der Waals surface area contributed by atoms with Crippen molar-refractivity contribution in [3.05, 3.63) is 0 Å². The van der Waals surface area contributed by atoms with Crippen LogP contribution in [0.4, 0.5) is 4.79 Å². The van der Waals surface area contributed by atoms with E-state index >= 15 is 0 Å². The Balaban J connectivity index is 1.51. The lowest BCUT2D eigenvalue weighted by atomic mass is 9.84. The Morgan fingerprint density at radius 1 is 1.11 bits per heavy atom. The molecule has 4 aliphatic rings. The number of piperidine rings is 1. The van der Waals surface area contributed by atoms with Crippen LogP contribution < -0.4 is 10.6 Å². The smallest absolute Gasteiger partial charge is 0.378 e. The molecule has 0 aromatic heterocycles. The SMILES string of the molecule is CN1CCC(C#N)(NC(=O)C(CC2CCCCC2)N=C(NC(=O)OSC2CCCO2)N2CCOCC2)CC1. The van der Waals surface area contributed by atoms with Crippen LogP contribution in [-0.2, 0) is 18.5 Å². The van der Waals surface area contributed by atoms with E-state index in [1.54, 1.807) is 0 Å². The van der Waals surface area contributed by atoms with Gasteiger partial charge in [-0.25, -0.2) is 9.79 Å². The Morgan fingerprint density at radius 2 is 1.84 bits per heavy atom. The number of amides is 2. The molecule has 4 rings (SSSR count). The van der Waals surface area contributed by atoms with Gasteiger partial charge in [-0.15, -0.1) is 0 Å². The van der Waals surface area contributed by atoms with Crippen molar-refractivity contribution in [1.82, 2.24) is 20.4 Å². The summed E-state index contributed by atoms with van der Waals surface area (Å²) >= 11 is 1.01. The van der Waals surface area contributed by atoms with Crippen molar-refractivity contribution in [2.75, 3.05) is 53.0 Å². The van der Waals surface area contributed by atoms with Crippen molar-refractivity contribution < 1.29 is 23.2 Å². The number of hydrogen-bond donors (Lipinski definition) is 2. The molecule has 0 aromatic carbocycles. The van der Waals surface area contributed by atoms with Crippen molar-refractivity contribution in [3.8, 4) is 6.07 Å². The van der Waals surface area contributed by atoms with Gasteiger partial charge in [-0.05, 0) is 45.1 Å². The predicted molar refractivity (Wildman–Crippen MR) is 144 cm³/mol. The topological polar surface area (TPSA) is 129 Å². The zero-order chi connectivity index (χ0) is 26.8. The van der Waals surface area contributed by atoms with Crippen LogP contribution in [0.15, 0.2) is 4.99 Å². The molecule has 212 valence electrons. The van der Waals surface area contributed by atoms with E-state index in [9.17, 15) is 14.9 Å². The Kier molecular flexibility index (Phi) is 10.9. The molecule has 11 nitrogen and oxygen atoms in total. The number of hydrogen-bond acceptors (Lipinski definition) is 9. The van der Waals surface area contributed by atoms with Gasteiger partial charge in [-0.1, -0.05) is 32.1 Å². The summed E-state index contributed by atoms with van der Waals surface area (Å²) in [6.45, 7) is 4.27. The van der Waals surface area contributed by atoms with Crippen molar-refractivity contribution >= 4 is 30.0 Å². The molecule has 12 heteroatoms. The maximum Gasteiger partial charge on any atom is 0.426 e. The third-order valence-corrected chi connectivity index (χ3v) is 8.76. The zero-order valence-corrected chi connectivity index (χ0v) is 23.3.